The van der Waals surface area contributed by atoms with Gasteiger partial charge in [-0.2, -0.15) is 0 Å². The molecule has 0 radical (unpaired) electrons. The summed E-state index contributed by atoms with van der Waals surface area (Å²) >= 11 is 0. The molecule has 1 fully saturated rings. The van der Waals surface area contributed by atoms with Crippen molar-refractivity contribution in [3.63, 3.8) is 0 Å². The largest absolute Gasteiger partial charge is 0.366 e. The van der Waals surface area contributed by atoms with Crippen molar-refractivity contribution in [2.24, 2.45) is 11.7 Å². The lowest BCUT2D eigenvalue weighted by Crippen LogP contribution is -2.30. The van der Waals surface area contributed by atoms with Crippen LogP contribution in [-0.4, -0.2) is 24.1 Å². The molecule has 1 aliphatic heterocycles. The molecule has 2 unspecified atom stereocenters. The number of nitrogens with two attached hydrogens (primary N) is 1. The predicted molar refractivity (Wildman–Crippen MR) is 71.8 cm³/mol. The summed E-state index contributed by atoms with van der Waals surface area (Å²) in [6.07, 6.45) is 1.00. The first-order chi connectivity index (χ1) is 8.50. The van der Waals surface area contributed by atoms with Crippen molar-refractivity contribution >= 4 is 11.4 Å². The van der Waals surface area contributed by atoms with E-state index in [0.717, 1.165) is 25.2 Å². The van der Waals surface area contributed by atoms with Gasteiger partial charge in [0.2, 0.25) is 0 Å². The maximum atomic E-state index is 11.2. The molecule has 0 spiro atoms. The summed E-state index contributed by atoms with van der Waals surface area (Å²) in [6, 6.07) is 5.62. The van der Waals surface area contributed by atoms with Gasteiger partial charge in [-0.3, -0.25) is 10.1 Å². The van der Waals surface area contributed by atoms with Crippen LogP contribution in [-0.2, 0) is 0 Å². The van der Waals surface area contributed by atoms with Crippen molar-refractivity contribution in [3.05, 3.63) is 33.9 Å². The Balaban J connectivity index is 2.30. The van der Waals surface area contributed by atoms with Gasteiger partial charge in [0.15, 0.2) is 0 Å². The molecule has 1 saturated heterocycles. The zero-order valence-corrected chi connectivity index (χ0v) is 10.8. The lowest BCUT2D eigenvalue weighted by Gasteiger charge is -2.20. The molecule has 1 heterocycles. The first-order valence-corrected chi connectivity index (χ1v) is 6.25. The molecule has 98 valence electrons. The Morgan fingerprint density at radius 2 is 2.28 bits per heavy atom. The maximum absolute atomic E-state index is 11.2. The average Bonchev–Trinajstić information content (AvgIpc) is 2.77. The lowest BCUT2D eigenvalue weighted by molar-refractivity contribution is -0.384. The van der Waals surface area contributed by atoms with Crippen LogP contribution in [0.4, 0.5) is 11.4 Å². The molecule has 2 N–H and O–H groups in total. The summed E-state index contributed by atoms with van der Waals surface area (Å²) in [5.41, 5.74) is 7.57. The van der Waals surface area contributed by atoms with Gasteiger partial charge < -0.3 is 10.6 Å². The van der Waals surface area contributed by atoms with Crippen LogP contribution in [0, 0.1) is 23.0 Å². The quantitative estimate of drug-likeness (QED) is 0.657. The van der Waals surface area contributed by atoms with Gasteiger partial charge in [0.05, 0.1) is 4.92 Å². The number of nitro groups is 1. The van der Waals surface area contributed by atoms with E-state index in [1.165, 1.54) is 0 Å². The van der Waals surface area contributed by atoms with Crippen molar-refractivity contribution in [3.8, 4) is 0 Å². The zero-order valence-electron chi connectivity index (χ0n) is 10.8. The van der Waals surface area contributed by atoms with Crippen molar-refractivity contribution in [2.45, 2.75) is 26.3 Å². The van der Waals surface area contributed by atoms with Gasteiger partial charge in [-0.1, -0.05) is 12.1 Å². The number of anilines is 1. The Labute approximate surface area is 107 Å². The standard InChI is InChI=1S/C13H19N3O2/c1-9-4-3-5-12(13(9)16(17)18)15-7-6-11(8-15)10(2)14/h3-5,10-11H,6-8,14H2,1-2H3. The van der Waals surface area contributed by atoms with E-state index in [4.69, 9.17) is 5.73 Å². The highest BCUT2D eigenvalue weighted by Crippen LogP contribution is 2.34. The Morgan fingerprint density at radius 1 is 1.56 bits per heavy atom. The fraction of sp³-hybridized carbons (Fsp3) is 0.538. The average molecular weight is 249 g/mol. The fourth-order valence-electron chi connectivity index (χ4n) is 2.57. The van der Waals surface area contributed by atoms with Crippen LogP contribution in [0.2, 0.25) is 0 Å². The molecule has 18 heavy (non-hydrogen) atoms. The fourth-order valence-corrected chi connectivity index (χ4v) is 2.57. The summed E-state index contributed by atoms with van der Waals surface area (Å²) in [7, 11) is 0. The van der Waals surface area contributed by atoms with E-state index in [1.807, 2.05) is 19.1 Å². The van der Waals surface area contributed by atoms with Crippen molar-refractivity contribution in [2.75, 3.05) is 18.0 Å². The topological polar surface area (TPSA) is 72.4 Å². The molecule has 5 heteroatoms. The van der Waals surface area contributed by atoms with E-state index in [-0.39, 0.29) is 16.7 Å². The minimum atomic E-state index is -0.288. The molecule has 1 aliphatic rings. The van der Waals surface area contributed by atoms with Crippen molar-refractivity contribution in [1.29, 1.82) is 0 Å². The second-order valence-electron chi connectivity index (χ2n) is 5.05. The molecule has 0 aromatic heterocycles. The number of rotatable bonds is 3. The van der Waals surface area contributed by atoms with Crippen LogP contribution in [0.15, 0.2) is 18.2 Å². The highest BCUT2D eigenvalue weighted by atomic mass is 16.6. The minimum Gasteiger partial charge on any atom is -0.366 e. The molecule has 0 saturated carbocycles. The van der Waals surface area contributed by atoms with Crippen LogP contribution in [0.3, 0.4) is 0 Å². The molecule has 0 amide bonds. The van der Waals surface area contributed by atoms with Crippen LogP contribution >= 0.6 is 0 Å². The van der Waals surface area contributed by atoms with Gasteiger partial charge in [-0.15, -0.1) is 0 Å². The summed E-state index contributed by atoms with van der Waals surface area (Å²) < 4.78 is 0. The van der Waals surface area contributed by atoms with E-state index in [1.54, 1.807) is 13.0 Å². The zero-order chi connectivity index (χ0) is 13.3. The predicted octanol–water partition coefficient (Wildman–Crippen LogP) is 2.08. The normalized spacial score (nSPS) is 21.1. The second kappa shape index (κ2) is 4.94. The van der Waals surface area contributed by atoms with Gasteiger partial charge in [0.25, 0.3) is 5.69 Å². The lowest BCUT2D eigenvalue weighted by atomic mass is 10.0. The number of hydrogen-bond acceptors (Lipinski definition) is 4. The van der Waals surface area contributed by atoms with Crippen LogP contribution in [0.1, 0.15) is 18.9 Å². The van der Waals surface area contributed by atoms with Crippen molar-refractivity contribution < 1.29 is 4.92 Å². The van der Waals surface area contributed by atoms with E-state index >= 15 is 0 Å². The summed E-state index contributed by atoms with van der Waals surface area (Å²) in [5.74, 6) is 0.421. The van der Waals surface area contributed by atoms with Gasteiger partial charge in [-0.05, 0) is 32.3 Å². The Hall–Kier alpha value is -1.62. The third kappa shape index (κ3) is 2.31. The van der Waals surface area contributed by atoms with Crippen LogP contribution in [0.5, 0.6) is 0 Å². The van der Waals surface area contributed by atoms with Crippen LogP contribution < -0.4 is 10.6 Å². The highest BCUT2D eigenvalue weighted by molar-refractivity contribution is 5.67. The Morgan fingerprint density at radius 3 is 2.83 bits per heavy atom. The molecular formula is C13H19N3O2. The van der Waals surface area contributed by atoms with Gasteiger partial charge in [0, 0.05) is 24.7 Å². The summed E-state index contributed by atoms with van der Waals surface area (Å²) in [6.45, 7) is 5.43. The smallest absolute Gasteiger partial charge is 0.295 e. The summed E-state index contributed by atoms with van der Waals surface area (Å²) in [5, 5.41) is 11.2. The third-order valence-corrected chi connectivity index (χ3v) is 3.71. The Bertz CT molecular complexity index is 460. The molecule has 5 nitrogen and oxygen atoms in total. The number of nitrogens with zero attached hydrogens (tertiary/aromatic N) is 2. The van der Waals surface area contributed by atoms with E-state index in [0.29, 0.717) is 11.5 Å². The molecule has 1 aromatic rings. The summed E-state index contributed by atoms with van der Waals surface area (Å²) in [4.78, 5) is 13.0. The molecule has 2 atom stereocenters. The number of aryl methyl sites for hydroxylation is 1. The van der Waals surface area contributed by atoms with E-state index < -0.39 is 0 Å². The minimum absolute atomic E-state index is 0.138. The third-order valence-electron chi connectivity index (χ3n) is 3.71. The van der Waals surface area contributed by atoms with Gasteiger partial charge in [0.1, 0.15) is 5.69 Å². The van der Waals surface area contributed by atoms with Crippen molar-refractivity contribution in [1.82, 2.24) is 0 Å². The second-order valence-corrected chi connectivity index (χ2v) is 5.05. The Kier molecular flexibility index (Phi) is 3.52. The van der Waals surface area contributed by atoms with E-state index in [2.05, 4.69) is 4.90 Å². The number of para-hydroxylation sites is 1. The number of hydrogen-bond donors (Lipinski definition) is 1. The number of benzene rings is 1. The van der Waals surface area contributed by atoms with Gasteiger partial charge >= 0.3 is 0 Å². The molecule has 2 rings (SSSR count). The molecule has 1 aromatic carbocycles. The monoisotopic (exact) mass is 249 g/mol. The first kappa shape index (κ1) is 12.8. The SMILES string of the molecule is Cc1cccc(N2CCC(C(C)N)C2)c1[N+](=O)[O-]. The van der Waals surface area contributed by atoms with Crippen LogP contribution in [0.25, 0.3) is 0 Å². The number of nitro benzene ring substituents is 1. The first-order valence-electron chi connectivity index (χ1n) is 6.25. The molecular weight excluding hydrogens is 230 g/mol. The highest BCUT2D eigenvalue weighted by Gasteiger charge is 2.29. The molecule has 0 aliphatic carbocycles. The molecule has 0 bridgehead atoms. The maximum Gasteiger partial charge on any atom is 0.295 e. The van der Waals surface area contributed by atoms with E-state index in [9.17, 15) is 10.1 Å². The van der Waals surface area contributed by atoms with Gasteiger partial charge in [-0.25, -0.2) is 0 Å².